The fraction of sp³-hybridized carbons (Fsp3) is 0.462. The lowest BCUT2D eigenvalue weighted by Gasteiger charge is -2.17. The molecule has 0 saturated heterocycles. The quantitative estimate of drug-likeness (QED) is 0.869. The summed E-state index contributed by atoms with van der Waals surface area (Å²) < 4.78 is 29.4. The molecular formula is C13H15BrO5S. The largest absolute Gasteiger partial charge is 0.494 e. The van der Waals surface area contributed by atoms with Crippen LogP contribution in [0.3, 0.4) is 0 Å². The lowest BCUT2D eigenvalue weighted by Crippen LogP contribution is -2.14. The second-order valence-electron chi connectivity index (χ2n) is 5.11. The van der Waals surface area contributed by atoms with E-state index in [1.54, 1.807) is 6.07 Å². The zero-order chi connectivity index (χ0) is 15.1. The summed E-state index contributed by atoms with van der Waals surface area (Å²) in [5.41, 5.74) is 0.285. The standard InChI is InChI=1S/C13H15BrO5S/c1-19-12-9(14)5-8(6-10(12)20(2,17)18)13(3-4-13)7-11(15)16/h5-6H,3-4,7H2,1-2H3,(H,15,16). The smallest absolute Gasteiger partial charge is 0.304 e. The third-order valence-electron chi connectivity index (χ3n) is 3.57. The molecular weight excluding hydrogens is 348 g/mol. The number of aliphatic carboxylic acids is 1. The first-order valence-electron chi connectivity index (χ1n) is 5.99. The van der Waals surface area contributed by atoms with Gasteiger partial charge in [-0.05, 0) is 46.5 Å². The number of carboxylic acids is 1. The van der Waals surface area contributed by atoms with Crippen LogP contribution in [-0.2, 0) is 20.0 Å². The highest BCUT2D eigenvalue weighted by Gasteiger charge is 2.46. The van der Waals surface area contributed by atoms with E-state index in [0.29, 0.717) is 4.47 Å². The van der Waals surface area contributed by atoms with Crippen molar-refractivity contribution in [3.05, 3.63) is 22.2 Å². The SMILES string of the molecule is COc1c(Br)cc(C2(CC(=O)O)CC2)cc1S(C)(=O)=O. The summed E-state index contributed by atoms with van der Waals surface area (Å²) in [5, 5.41) is 8.99. The van der Waals surface area contributed by atoms with E-state index in [4.69, 9.17) is 9.84 Å². The molecule has 0 aliphatic heterocycles. The highest BCUT2D eigenvalue weighted by atomic mass is 79.9. The van der Waals surface area contributed by atoms with Gasteiger partial charge in [-0.15, -0.1) is 0 Å². The van der Waals surface area contributed by atoms with E-state index < -0.39 is 21.2 Å². The van der Waals surface area contributed by atoms with Gasteiger partial charge in [-0.1, -0.05) is 0 Å². The number of sulfone groups is 1. The van der Waals surface area contributed by atoms with E-state index >= 15 is 0 Å². The summed E-state index contributed by atoms with van der Waals surface area (Å²) >= 11 is 3.30. The number of hydrogen-bond donors (Lipinski definition) is 1. The van der Waals surface area contributed by atoms with Crippen LogP contribution in [0.2, 0.25) is 0 Å². The molecule has 0 radical (unpaired) electrons. The number of rotatable bonds is 5. The molecule has 1 N–H and O–H groups in total. The maximum Gasteiger partial charge on any atom is 0.304 e. The first-order chi connectivity index (χ1) is 9.19. The van der Waals surface area contributed by atoms with Gasteiger partial charge in [-0.25, -0.2) is 8.42 Å². The van der Waals surface area contributed by atoms with Crippen molar-refractivity contribution < 1.29 is 23.1 Å². The molecule has 1 aromatic carbocycles. The molecule has 1 aromatic rings. The van der Waals surface area contributed by atoms with Crippen molar-refractivity contribution in [1.82, 2.24) is 0 Å². The first kappa shape index (κ1) is 15.3. The van der Waals surface area contributed by atoms with Gasteiger partial charge in [-0.3, -0.25) is 4.79 Å². The Balaban J connectivity index is 2.58. The Kier molecular flexibility index (Phi) is 3.85. The zero-order valence-electron chi connectivity index (χ0n) is 11.1. The van der Waals surface area contributed by atoms with Crippen molar-refractivity contribution in [1.29, 1.82) is 0 Å². The van der Waals surface area contributed by atoms with Crippen LogP contribution in [0, 0.1) is 0 Å². The molecule has 1 saturated carbocycles. The van der Waals surface area contributed by atoms with E-state index in [-0.39, 0.29) is 17.1 Å². The van der Waals surface area contributed by atoms with Crippen LogP contribution in [0.25, 0.3) is 0 Å². The average Bonchev–Trinajstić information content (AvgIpc) is 3.06. The van der Waals surface area contributed by atoms with Gasteiger partial charge in [0.1, 0.15) is 4.90 Å². The molecule has 1 fully saturated rings. The minimum Gasteiger partial charge on any atom is -0.494 e. The number of carboxylic acid groups (broad SMARTS) is 1. The monoisotopic (exact) mass is 362 g/mol. The van der Waals surface area contributed by atoms with Crippen molar-refractivity contribution in [3.8, 4) is 5.75 Å². The second-order valence-corrected chi connectivity index (χ2v) is 7.95. The Hall–Kier alpha value is -1.08. The molecule has 1 aliphatic carbocycles. The van der Waals surface area contributed by atoms with Gasteiger partial charge in [0, 0.05) is 11.7 Å². The van der Waals surface area contributed by atoms with Gasteiger partial charge in [0.15, 0.2) is 15.6 Å². The number of hydrogen-bond acceptors (Lipinski definition) is 4. The van der Waals surface area contributed by atoms with E-state index in [9.17, 15) is 13.2 Å². The van der Waals surface area contributed by atoms with Crippen molar-refractivity contribution in [2.45, 2.75) is 29.6 Å². The first-order valence-corrected chi connectivity index (χ1v) is 8.68. The fourth-order valence-corrected chi connectivity index (χ4v) is 3.98. The molecule has 7 heteroatoms. The van der Waals surface area contributed by atoms with E-state index in [2.05, 4.69) is 15.9 Å². The highest BCUT2D eigenvalue weighted by molar-refractivity contribution is 9.10. The van der Waals surface area contributed by atoms with Crippen molar-refractivity contribution in [2.24, 2.45) is 0 Å². The third-order valence-corrected chi connectivity index (χ3v) is 5.26. The minimum atomic E-state index is -3.45. The number of halogens is 1. The zero-order valence-corrected chi connectivity index (χ0v) is 13.5. The van der Waals surface area contributed by atoms with Crippen LogP contribution in [0.5, 0.6) is 5.75 Å². The van der Waals surface area contributed by atoms with Gasteiger partial charge in [-0.2, -0.15) is 0 Å². The fourth-order valence-electron chi connectivity index (χ4n) is 2.36. The Morgan fingerprint density at radius 2 is 2.05 bits per heavy atom. The van der Waals surface area contributed by atoms with Crippen LogP contribution < -0.4 is 4.74 Å². The molecule has 0 atom stereocenters. The molecule has 0 heterocycles. The molecule has 0 unspecified atom stereocenters. The van der Waals surface area contributed by atoms with Gasteiger partial charge >= 0.3 is 5.97 Å². The molecule has 0 bridgehead atoms. The lowest BCUT2D eigenvalue weighted by atomic mass is 9.92. The minimum absolute atomic E-state index is 0.00890. The highest BCUT2D eigenvalue weighted by Crippen LogP contribution is 2.53. The second kappa shape index (κ2) is 5.04. The predicted molar refractivity (Wildman–Crippen MR) is 77.0 cm³/mol. The Morgan fingerprint density at radius 1 is 1.45 bits per heavy atom. The van der Waals surface area contributed by atoms with Gasteiger partial charge in [0.05, 0.1) is 18.0 Å². The molecule has 0 spiro atoms. The summed E-state index contributed by atoms with van der Waals surface area (Å²) in [4.78, 5) is 11.0. The Bertz CT molecular complexity index is 662. The third kappa shape index (κ3) is 2.83. The normalized spacial score (nSPS) is 16.8. The van der Waals surface area contributed by atoms with Crippen LogP contribution >= 0.6 is 15.9 Å². The van der Waals surface area contributed by atoms with Crippen LogP contribution in [0.15, 0.2) is 21.5 Å². The number of ether oxygens (including phenoxy) is 1. The molecule has 0 amide bonds. The van der Waals surface area contributed by atoms with Crippen molar-refractivity contribution in [3.63, 3.8) is 0 Å². The molecule has 2 rings (SSSR count). The van der Waals surface area contributed by atoms with Gasteiger partial charge < -0.3 is 9.84 Å². The lowest BCUT2D eigenvalue weighted by molar-refractivity contribution is -0.137. The number of methoxy groups -OCH3 is 1. The average molecular weight is 363 g/mol. The van der Waals surface area contributed by atoms with E-state index in [0.717, 1.165) is 24.7 Å². The molecule has 5 nitrogen and oxygen atoms in total. The van der Waals surface area contributed by atoms with Crippen LogP contribution in [0.4, 0.5) is 0 Å². The van der Waals surface area contributed by atoms with Gasteiger partial charge in [0.25, 0.3) is 0 Å². The van der Waals surface area contributed by atoms with E-state index in [1.807, 2.05) is 0 Å². The molecule has 20 heavy (non-hydrogen) atoms. The summed E-state index contributed by atoms with van der Waals surface area (Å²) in [6.45, 7) is 0. The van der Waals surface area contributed by atoms with Crippen molar-refractivity contribution >= 4 is 31.7 Å². The number of carbonyl (C=O) groups is 1. The summed E-state index contributed by atoms with van der Waals surface area (Å²) in [7, 11) is -2.05. The van der Waals surface area contributed by atoms with Crippen LogP contribution in [-0.4, -0.2) is 32.9 Å². The predicted octanol–water partition coefficient (Wildman–Crippen LogP) is 2.37. The van der Waals surface area contributed by atoms with E-state index in [1.165, 1.54) is 13.2 Å². The molecule has 0 aromatic heterocycles. The van der Waals surface area contributed by atoms with Crippen LogP contribution in [0.1, 0.15) is 24.8 Å². The summed E-state index contributed by atoms with van der Waals surface area (Å²) in [6.07, 6.45) is 2.62. The van der Waals surface area contributed by atoms with Gasteiger partial charge in [0.2, 0.25) is 0 Å². The summed E-state index contributed by atoms with van der Waals surface area (Å²) in [6, 6.07) is 3.29. The topological polar surface area (TPSA) is 80.7 Å². The Morgan fingerprint density at radius 3 is 2.45 bits per heavy atom. The maximum absolute atomic E-state index is 11.9. The molecule has 1 aliphatic rings. The maximum atomic E-state index is 11.9. The van der Waals surface area contributed by atoms with Crippen molar-refractivity contribution in [2.75, 3.05) is 13.4 Å². The molecule has 110 valence electrons. The summed E-state index contributed by atoms with van der Waals surface area (Å²) in [5.74, 6) is -0.627. The Labute approximate surface area is 126 Å². The number of benzene rings is 1.